The first kappa shape index (κ1) is 30.6. The number of hydrogen-bond donors (Lipinski definition) is 4. The molecule has 5 unspecified atom stereocenters. The number of nitrogens with one attached hydrogen (secondary N) is 2. The number of alkyl carbamates (subject to hydrolysis) is 1. The molecule has 0 saturated carbocycles. The van der Waals surface area contributed by atoms with Gasteiger partial charge < -0.3 is 25.6 Å². The van der Waals surface area contributed by atoms with Crippen LogP contribution in [-0.4, -0.2) is 51.8 Å². The van der Waals surface area contributed by atoms with Crippen LogP contribution in [0.2, 0.25) is 0 Å². The number of carbonyl (C=O) groups excluding carboxylic acids is 2. The van der Waals surface area contributed by atoms with Gasteiger partial charge in [0.1, 0.15) is 5.60 Å². The van der Waals surface area contributed by atoms with E-state index in [1.807, 2.05) is 84.9 Å². The number of thioether (sulfide) groups is 1. The summed E-state index contributed by atoms with van der Waals surface area (Å²) in [6.07, 6.45) is -1.41. The van der Waals surface area contributed by atoms with Crippen LogP contribution in [0, 0.1) is 5.92 Å². The number of ether oxygens (including phenoxy) is 1. The van der Waals surface area contributed by atoms with E-state index in [-0.39, 0.29) is 12.3 Å². The van der Waals surface area contributed by atoms with Crippen LogP contribution in [-0.2, 0) is 22.4 Å². The van der Waals surface area contributed by atoms with Crippen molar-refractivity contribution >= 4 is 23.8 Å². The van der Waals surface area contributed by atoms with E-state index >= 15 is 0 Å². The average molecular weight is 577 g/mol. The molecular weight excluding hydrogens is 536 g/mol. The lowest BCUT2D eigenvalue weighted by Gasteiger charge is -2.29. The molecule has 41 heavy (non-hydrogen) atoms. The van der Waals surface area contributed by atoms with Gasteiger partial charge in [-0.25, -0.2) is 4.79 Å². The molecule has 4 rings (SSSR count). The molecule has 5 atom stereocenters. The molecule has 0 fully saturated rings. The molecule has 0 aliphatic heterocycles. The van der Waals surface area contributed by atoms with Gasteiger partial charge in [-0.1, -0.05) is 72.8 Å². The standard InChI is InChI=1S/C33H40N2O5S/c1-33(2,3)40-32(39)34-27(18-22-12-6-4-7-13-22)28(36)20-24(21-41-25-15-8-5-9-16-25)31(38)35-30-26-17-11-10-14-23(26)19-29(30)37/h4-17,24,27-30,36-37H,18-21H2,1-3H3,(H,34,39)(H,35,38). The molecule has 0 aromatic heterocycles. The van der Waals surface area contributed by atoms with E-state index < -0.39 is 41.9 Å². The first-order valence-corrected chi connectivity index (χ1v) is 15.0. The second-order valence-corrected chi connectivity index (χ2v) is 12.6. The van der Waals surface area contributed by atoms with E-state index in [4.69, 9.17) is 4.74 Å². The zero-order valence-corrected chi connectivity index (χ0v) is 24.6. The minimum absolute atomic E-state index is 0.115. The highest BCUT2D eigenvalue weighted by Crippen LogP contribution is 2.32. The maximum absolute atomic E-state index is 13.7. The van der Waals surface area contributed by atoms with E-state index in [1.165, 1.54) is 11.8 Å². The minimum Gasteiger partial charge on any atom is -0.444 e. The molecule has 4 N–H and O–H groups in total. The summed E-state index contributed by atoms with van der Waals surface area (Å²) in [6, 6.07) is 25.9. The summed E-state index contributed by atoms with van der Waals surface area (Å²) in [4.78, 5) is 27.5. The fourth-order valence-electron chi connectivity index (χ4n) is 5.05. The van der Waals surface area contributed by atoms with E-state index in [0.29, 0.717) is 18.6 Å². The maximum atomic E-state index is 13.7. The van der Waals surface area contributed by atoms with Crippen molar-refractivity contribution in [3.8, 4) is 0 Å². The third-order valence-electron chi connectivity index (χ3n) is 7.06. The summed E-state index contributed by atoms with van der Waals surface area (Å²) in [6.45, 7) is 5.35. The second kappa shape index (κ2) is 14.0. The normalized spacial score (nSPS) is 18.6. The molecule has 0 heterocycles. The molecule has 3 aromatic carbocycles. The molecule has 7 nitrogen and oxygen atoms in total. The number of benzene rings is 3. The number of carbonyl (C=O) groups is 2. The van der Waals surface area contributed by atoms with Crippen LogP contribution in [0.5, 0.6) is 0 Å². The summed E-state index contributed by atoms with van der Waals surface area (Å²) in [5.74, 6) is -0.417. The first-order valence-electron chi connectivity index (χ1n) is 14.0. The van der Waals surface area contributed by atoms with Crippen LogP contribution in [0.1, 0.15) is 49.9 Å². The molecule has 218 valence electrons. The number of amides is 2. The molecule has 0 spiro atoms. The average Bonchev–Trinajstić information content (AvgIpc) is 3.25. The van der Waals surface area contributed by atoms with Crippen LogP contribution in [0.4, 0.5) is 4.79 Å². The van der Waals surface area contributed by atoms with Crippen LogP contribution < -0.4 is 10.6 Å². The smallest absolute Gasteiger partial charge is 0.407 e. The highest BCUT2D eigenvalue weighted by atomic mass is 32.2. The van der Waals surface area contributed by atoms with Gasteiger partial charge in [-0.15, -0.1) is 11.8 Å². The van der Waals surface area contributed by atoms with Crippen molar-refractivity contribution < 1.29 is 24.5 Å². The topological polar surface area (TPSA) is 108 Å². The van der Waals surface area contributed by atoms with Crippen LogP contribution in [0.3, 0.4) is 0 Å². The molecule has 3 aromatic rings. The van der Waals surface area contributed by atoms with Gasteiger partial charge in [0.25, 0.3) is 0 Å². The Labute approximate surface area is 246 Å². The van der Waals surface area contributed by atoms with Crippen molar-refractivity contribution in [3.05, 3.63) is 102 Å². The lowest BCUT2D eigenvalue weighted by Crippen LogP contribution is -2.48. The van der Waals surface area contributed by atoms with Crippen molar-refractivity contribution in [2.75, 3.05) is 5.75 Å². The summed E-state index contributed by atoms with van der Waals surface area (Å²) in [5.41, 5.74) is 2.18. The Morgan fingerprint density at radius 1 is 0.976 bits per heavy atom. The Morgan fingerprint density at radius 3 is 2.29 bits per heavy atom. The summed E-state index contributed by atoms with van der Waals surface area (Å²) in [7, 11) is 0. The quantitative estimate of drug-likeness (QED) is 0.238. The van der Waals surface area contributed by atoms with Crippen molar-refractivity contribution in [1.82, 2.24) is 10.6 Å². The van der Waals surface area contributed by atoms with E-state index in [1.54, 1.807) is 20.8 Å². The van der Waals surface area contributed by atoms with Gasteiger partial charge in [0, 0.05) is 23.0 Å². The molecule has 1 aliphatic carbocycles. The van der Waals surface area contributed by atoms with E-state index in [2.05, 4.69) is 10.6 Å². The number of aliphatic hydroxyl groups is 2. The van der Waals surface area contributed by atoms with Gasteiger partial charge in [0.2, 0.25) is 5.91 Å². The number of rotatable bonds is 11. The van der Waals surface area contributed by atoms with Crippen LogP contribution in [0.25, 0.3) is 0 Å². The molecule has 8 heteroatoms. The molecular formula is C33H40N2O5S. The molecule has 2 amide bonds. The maximum Gasteiger partial charge on any atom is 0.407 e. The number of fused-ring (bicyclic) bond motifs is 1. The lowest BCUT2D eigenvalue weighted by atomic mass is 9.93. The van der Waals surface area contributed by atoms with Gasteiger partial charge in [-0.2, -0.15) is 0 Å². The van der Waals surface area contributed by atoms with E-state index in [9.17, 15) is 19.8 Å². The third-order valence-corrected chi connectivity index (χ3v) is 8.23. The summed E-state index contributed by atoms with van der Waals surface area (Å²) >= 11 is 1.53. The minimum atomic E-state index is -1.03. The molecule has 0 saturated heterocycles. The van der Waals surface area contributed by atoms with Gasteiger partial charge in [0.05, 0.1) is 24.3 Å². The highest BCUT2D eigenvalue weighted by Gasteiger charge is 2.35. The third kappa shape index (κ3) is 9.08. The molecule has 1 aliphatic rings. The SMILES string of the molecule is CC(C)(C)OC(=O)NC(Cc1ccccc1)C(O)CC(CSc1ccccc1)C(=O)NC1c2ccccc2CC1O. The second-order valence-electron chi connectivity index (χ2n) is 11.5. The monoisotopic (exact) mass is 576 g/mol. The fraction of sp³-hybridized carbons (Fsp3) is 0.394. The van der Waals surface area contributed by atoms with Gasteiger partial charge >= 0.3 is 6.09 Å². The van der Waals surface area contributed by atoms with Crippen molar-refractivity contribution in [3.63, 3.8) is 0 Å². The predicted molar refractivity (Wildman–Crippen MR) is 162 cm³/mol. The summed E-state index contributed by atoms with van der Waals surface area (Å²) in [5, 5.41) is 28.1. The Hall–Kier alpha value is -3.33. The lowest BCUT2D eigenvalue weighted by molar-refractivity contribution is -0.127. The Balaban J connectivity index is 1.52. The fourth-order valence-corrected chi connectivity index (χ4v) is 6.08. The number of aliphatic hydroxyl groups excluding tert-OH is 2. The van der Waals surface area contributed by atoms with Crippen molar-refractivity contribution in [1.29, 1.82) is 0 Å². The first-order chi connectivity index (χ1) is 19.6. The molecule has 0 radical (unpaired) electrons. The van der Waals surface area contributed by atoms with Crippen molar-refractivity contribution in [2.24, 2.45) is 5.92 Å². The summed E-state index contributed by atoms with van der Waals surface area (Å²) < 4.78 is 5.48. The van der Waals surface area contributed by atoms with Gasteiger partial charge in [0.15, 0.2) is 0 Å². The Bertz CT molecular complexity index is 1280. The Morgan fingerprint density at radius 2 is 1.61 bits per heavy atom. The molecule has 0 bridgehead atoms. The van der Waals surface area contributed by atoms with Crippen molar-refractivity contribution in [2.45, 2.75) is 74.8 Å². The van der Waals surface area contributed by atoms with Gasteiger partial charge in [-0.05, 0) is 62.4 Å². The Kier molecular flexibility index (Phi) is 10.5. The zero-order valence-electron chi connectivity index (χ0n) is 23.8. The number of hydrogen-bond acceptors (Lipinski definition) is 6. The van der Waals surface area contributed by atoms with E-state index in [0.717, 1.165) is 21.6 Å². The predicted octanol–water partition coefficient (Wildman–Crippen LogP) is 5.06. The van der Waals surface area contributed by atoms with Gasteiger partial charge in [-0.3, -0.25) is 4.79 Å². The van der Waals surface area contributed by atoms with Crippen LogP contribution in [0.15, 0.2) is 89.8 Å². The highest BCUT2D eigenvalue weighted by molar-refractivity contribution is 7.99. The zero-order chi connectivity index (χ0) is 29.4. The van der Waals surface area contributed by atoms with Crippen LogP contribution >= 0.6 is 11.8 Å². The largest absolute Gasteiger partial charge is 0.444 e.